The molecule has 4 aliphatic heterocycles. The fourth-order valence-electron chi connectivity index (χ4n) is 9.87. The number of amides is 11. The third kappa shape index (κ3) is 19.9. The first-order valence-corrected chi connectivity index (χ1v) is 29.9. The van der Waals surface area contributed by atoms with Gasteiger partial charge in [0.1, 0.15) is 23.0 Å². The fraction of sp³-hybridized carbons (Fsp3) is 0.410. The van der Waals surface area contributed by atoms with Gasteiger partial charge in [0.15, 0.2) is 0 Å². The molecule has 13 N–H and O–H groups in total. The molecular weight excluding hydrogens is 1200 g/mol. The zero-order chi connectivity index (χ0) is 66.1. The van der Waals surface area contributed by atoms with Crippen molar-refractivity contribution in [2.75, 3.05) is 131 Å². The van der Waals surface area contributed by atoms with E-state index in [0.29, 0.717) is 5.06 Å². The number of nitrogens with zero attached hydrogens (tertiary/aromatic N) is 4. The normalized spacial score (nSPS) is 17.8. The Balaban J connectivity index is 1.01. The molecule has 8 rings (SSSR count). The summed E-state index contributed by atoms with van der Waals surface area (Å²) in [6, 6.07) is 16.4. The molecule has 0 aromatic heterocycles. The molecule has 4 heterocycles. The second-order valence-corrected chi connectivity index (χ2v) is 21.2. The number of aromatic hydroxyl groups is 4. The Hall–Kier alpha value is -10.2. The number of imide groups is 1. The summed E-state index contributed by atoms with van der Waals surface area (Å²) < 4.78 is 5.48. The summed E-state index contributed by atoms with van der Waals surface area (Å²) >= 11 is 0. The smallest absolute Gasteiger partial charge is 0.333 e. The Morgan fingerprint density at radius 1 is 0.424 bits per heavy atom. The number of rotatable bonds is 16. The number of phenols is 4. The second kappa shape index (κ2) is 34.7. The second-order valence-electron chi connectivity index (χ2n) is 21.2. The van der Waals surface area contributed by atoms with Crippen molar-refractivity contribution in [1.29, 1.82) is 0 Å². The largest absolute Gasteiger partial charge is 0.506 e. The summed E-state index contributed by atoms with van der Waals surface area (Å²) in [4.78, 5) is 166. The number of nitrogens with one attached hydrogen (secondary N) is 9. The molecule has 4 aromatic carbocycles. The molecule has 8 bridgehead atoms. The lowest BCUT2D eigenvalue weighted by molar-refractivity contribution is -0.197. The minimum Gasteiger partial charge on any atom is -0.506 e. The first-order chi connectivity index (χ1) is 44.3. The number of carbonyl (C=O) groups excluding carboxylic acids is 12. The van der Waals surface area contributed by atoms with Gasteiger partial charge in [-0.3, -0.25) is 67.4 Å². The van der Waals surface area contributed by atoms with Crippen LogP contribution in [0.2, 0.25) is 0 Å². The molecule has 4 aromatic rings. The molecule has 492 valence electrons. The molecule has 4 aliphatic rings. The van der Waals surface area contributed by atoms with Gasteiger partial charge in [-0.2, -0.15) is 0 Å². The van der Waals surface area contributed by atoms with Crippen LogP contribution < -0.4 is 47.9 Å². The van der Waals surface area contributed by atoms with Crippen molar-refractivity contribution in [2.24, 2.45) is 0 Å². The highest BCUT2D eigenvalue weighted by Crippen LogP contribution is 2.26. The Morgan fingerprint density at radius 3 is 1.20 bits per heavy atom. The molecule has 11 amide bonds. The molecule has 31 nitrogen and oxygen atoms in total. The SMILES string of the molecule is O=C(CCCC(=O)ON1C(=O)CCC1=O)NCCOCCNC(=O)c1cccc(C(=O)NCCN2CCNC(=O)c3cccc(c3O)C(=O)NCCN3CCNC(=O)c4cccc(c4O)C(=O)NCCN(CCNC(=O)c4cccc(c4O)C(=O)NCC3)CC2)c1O. The third-order valence-corrected chi connectivity index (χ3v) is 14.9. The van der Waals surface area contributed by atoms with Gasteiger partial charge in [0.25, 0.3) is 59.1 Å². The highest BCUT2D eigenvalue weighted by Gasteiger charge is 2.33. The third-order valence-electron chi connectivity index (χ3n) is 14.9. The summed E-state index contributed by atoms with van der Waals surface area (Å²) in [6.07, 6.45) is -0.213. The number of hydroxylamine groups is 2. The van der Waals surface area contributed by atoms with Crippen molar-refractivity contribution < 1.29 is 87.5 Å². The number of phenolic OH excluding ortho intramolecular Hbond substituents is 4. The van der Waals surface area contributed by atoms with Gasteiger partial charge >= 0.3 is 5.97 Å². The molecule has 92 heavy (non-hydrogen) atoms. The summed E-state index contributed by atoms with van der Waals surface area (Å²) in [5.74, 6) is -10.4. The monoisotopic (exact) mass is 1280 g/mol. The van der Waals surface area contributed by atoms with Crippen molar-refractivity contribution in [1.82, 2.24) is 67.6 Å². The minimum atomic E-state index is -0.820. The number of hydrogen-bond acceptors (Lipinski definition) is 21. The summed E-state index contributed by atoms with van der Waals surface area (Å²) in [5.41, 5.74) is -1.55. The van der Waals surface area contributed by atoms with Crippen LogP contribution in [0.5, 0.6) is 23.0 Å². The van der Waals surface area contributed by atoms with Crippen molar-refractivity contribution >= 4 is 70.9 Å². The summed E-state index contributed by atoms with van der Waals surface area (Å²) in [5, 5.41) is 69.8. The highest BCUT2D eigenvalue weighted by molar-refractivity contribution is 6.07. The van der Waals surface area contributed by atoms with E-state index < -0.39 is 88.0 Å². The number of carbonyl (C=O) groups is 12. The van der Waals surface area contributed by atoms with Gasteiger partial charge in [-0.25, -0.2) is 4.79 Å². The average molecular weight is 1280 g/mol. The van der Waals surface area contributed by atoms with E-state index in [1.54, 1.807) is 4.90 Å². The van der Waals surface area contributed by atoms with Gasteiger partial charge in [0.2, 0.25) is 5.91 Å². The summed E-state index contributed by atoms with van der Waals surface area (Å²) in [7, 11) is 0. The highest BCUT2D eigenvalue weighted by atomic mass is 16.7. The van der Waals surface area contributed by atoms with Crippen LogP contribution in [0.3, 0.4) is 0 Å². The zero-order valence-corrected chi connectivity index (χ0v) is 50.4. The van der Waals surface area contributed by atoms with E-state index in [0.717, 1.165) is 0 Å². The van der Waals surface area contributed by atoms with E-state index in [4.69, 9.17) is 9.57 Å². The van der Waals surface area contributed by atoms with Crippen molar-refractivity contribution in [3.63, 3.8) is 0 Å². The van der Waals surface area contributed by atoms with E-state index in [1.165, 1.54) is 72.8 Å². The Labute approximate surface area is 527 Å². The van der Waals surface area contributed by atoms with E-state index >= 15 is 0 Å². The zero-order valence-electron chi connectivity index (χ0n) is 50.4. The van der Waals surface area contributed by atoms with Crippen molar-refractivity contribution in [3.8, 4) is 23.0 Å². The van der Waals surface area contributed by atoms with Crippen LogP contribution in [-0.2, 0) is 28.8 Å². The van der Waals surface area contributed by atoms with Crippen LogP contribution in [0.25, 0.3) is 0 Å². The van der Waals surface area contributed by atoms with Crippen LogP contribution in [0.1, 0.15) is 115 Å². The van der Waals surface area contributed by atoms with Crippen molar-refractivity contribution in [2.45, 2.75) is 32.1 Å². The quantitative estimate of drug-likeness (QED) is 0.0439. The molecule has 0 aliphatic carbocycles. The van der Waals surface area contributed by atoms with E-state index in [2.05, 4.69) is 47.9 Å². The lowest BCUT2D eigenvalue weighted by Gasteiger charge is -2.28. The van der Waals surface area contributed by atoms with Gasteiger partial charge in [-0.15, -0.1) is 5.06 Å². The Bertz CT molecular complexity index is 3300. The van der Waals surface area contributed by atoms with Gasteiger partial charge < -0.3 is 77.9 Å². The fourth-order valence-corrected chi connectivity index (χ4v) is 9.87. The standard InChI is InChI=1S/C61H75N13O18/c75-46(14-5-15-49(78)92-74-47(76)16-17-48(74)77)62-25-36-91-37-26-70-61(90)45-13-4-12-44(53(45)82)60(89)69-24-33-73-32-23-68-59(88)43-11-3-8-40(52(43)81)56(85)65-20-29-71-27-18-63-54(83)38-6-1-9-41(50(38)79)57(86)66-21-30-72(34-35-73)31-22-67-58(87)42-10-2-7-39(51(42)80)55(84)64-19-28-71/h1-4,6-13,79-82H,5,14-37H2,(H,62,75)(H,63,83)(H,64,84)(H,65,85)(H,66,86)(H,67,87)(H,68,88)(H,69,89)(H,70,90). The van der Waals surface area contributed by atoms with Crippen molar-refractivity contribution in [3.05, 3.63) is 117 Å². The van der Waals surface area contributed by atoms with E-state index in [1.807, 2.05) is 9.80 Å². The van der Waals surface area contributed by atoms with Gasteiger partial charge in [-0.05, 0) is 55.0 Å². The van der Waals surface area contributed by atoms with Crippen LogP contribution >= 0.6 is 0 Å². The first kappa shape index (κ1) is 69.2. The molecule has 1 saturated heterocycles. The Morgan fingerprint density at radius 2 is 0.783 bits per heavy atom. The van der Waals surface area contributed by atoms with Crippen LogP contribution in [0.15, 0.2) is 72.8 Å². The average Bonchev–Trinajstić information content (AvgIpc) is 1.21. The molecule has 0 radical (unpaired) electrons. The van der Waals surface area contributed by atoms with Crippen LogP contribution in [-0.4, -0.2) is 242 Å². The maximum atomic E-state index is 13.7. The lowest BCUT2D eigenvalue weighted by Crippen LogP contribution is -2.46. The molecule has 0 spiro atoms. The predicted octanol–water partition coefficient (Wildman–Crippen LogP) is -1.71. The number of hydrogen-bond donors (Lipinski definition) is 13. The van der Waals surface area contributed by atoms with Gasteiger partial charge in [-0.1, -0.05) is 24.3 Å². The maximum Gasteiger partial charge on any atom is 0.333 e. The number of para-hydroxylation sites is 4. The molecular formula is C61H75N13O18. The predicted molar refractivity (Wildman–Crippen MR) is 325 cm³/mol. The summed E-state index contributed by atoms with van der Waals surface area (Å²) in [6.45, 7) is 1.38. The molecule has 1 fully saturated rings. The van der Waals surface area contributed by atoms with Gasteiger partial charge in [0, 0.05) is 143 Å². The van der Waals surface area contributed by atoms with Gasteiger partial charge in [0.05, 0.1) is 57.7 Å². The molecule has 0 saturated carbocycles. The Kier molecular flexibility index (Phi) is 26.1. The number of benzene rings is 4. The van der Waals surface area contributed by atoms with Crippen LogP contribution in [0, 0.1) is 0 Å². The molecule has 0 atom stereocenters. The topological polar surface area (TPSA) is 425 Å². The molecule has 31 heteroatoms. The number of ether oxygens (including phenoxy) is 1. The number of fused-ring (bicyclic) bond motifs is 21. The molecule has 0 unspecified atom stereocenters. The maximum absolute atomic E-state index is 13.7. The van der Waals surface area contributed by atoms with Crippen LogP contribution in [0.4, 0.5) is 0 Å². The van der Waals surface area contributed by atoms with E-state index in [9.17, 15) is 78.0 Å². The first-order valence-electron chi connectivity index (χ1n) is 29.9. The minimum absolute atomic E-state index is 0.00210. The lowest BCUT2D eigenvalue weighted by atomic mass is 10.1. The van der Waals surface area contributed by atoms with E-state index in [-0.39, 0.29) is 214 Å².